The number of nitrogens with one attached hydrogen (secondary N) is 1. The number of hydrogen-bond acceptors (Lipinski definition) is 5. The summed E-state index contributed by atoms with van der Waals surface area (Å²) in [4.78, 5) is 24.6. The second kappa shape index (κ2) is 10.2. The largest absolute Gasteiger partial charge is 0.462 e. The van der Waals surface area contributed by atoms with Crippen molar-refractivity contribution in [1.82, 2.24) is 4.31 Å². The summed E-state index contributed by atoms with van der Waals surface area (Å²) in [5.74, 6) is -1.89. The Bertz CT molecular complexity index is 1100. The second-order valence-electron chi connectivity index (χ2n) is 7.76. The number of amides is 1. The van der Waals surface area contributed by atoms with Crippen molar-refractivity contribution in [2.75, 3.05) is 25.0 Å². The van der Waals surface area contributed by atoms with Crippen molar-refractivity contribution in [3.63, 3.8) is 0 Å². The van der Waals surface area contributed by atoms with Crippen LogP contribution in [0.15, 0.2) is 42.5 Å². The minimum atomic E-state index is -3.67. The highest BCUT2D eigenvalue weighted by atomic mass is 32.2. The Morgan fingerprint density at radius 2 is 1.84 bits per heavy atom. The molecule has 0 unspecified atom stereocenters. The van der Waals surface area contributed by atoms with Gasteiger partial charge in [0.25, 0.3) is 0 Å². The Balaban J connectivity index is 1.57. The number of aryl methyl sites for hydroxylation is 1. The van der Waals surface area contributed by atoms with Crippen molar-refractivity contribution in [3.8, 4) is 0 Å². The number of esters is 1. The van der Waals surface area contributed by atoms with Gasteiger partial charge in [-0.2, -0.15) is 0 Å². The lowest BCUT2D eigenvalue weighted by Crippen LogP contribution is -2.42. The molecule has 0 saturated carbocycles. The zero-order chi connectivity index (χ0) is 23.3. The molecule has 0 spiro atoms. The highest BCUT2D eigenvalue weighted by Gasteiger charge is 2.31. The van der Waals surface area contributed by atoms with E-state index in [9.17, 15) is 22.4 Å². The number of halogens is 1. The Morgan fingerprint density at radius 3 is 2.47 bits per heavy atom. The van der Waals surface area contributed by atoms with Gasteiger partial charge in [-0.25, -0.2) is 21.9 Å². The van der Waals surface area contributed by atoms with Crippen LogP contribution in [-0.4, -0.2) is 44.3 Å². The smallest absolute Gasteiger partial charge is 0.338 e. The van der Waals surface area contributed by atoms with Crippen LogP contribution < -0.4 is 5.32 Å². The van der Waals surface area contributed by atoms with E-state index in [2.05, 4.69) is 5.32 Å². The molecule has 9 heteroatoms. The zero-order valence-electron chi connectivity index (χ0n) is 18.1. The first kappa shape index (κ1) is 23.9. The highest BCUT2D eigenvalue weighted by Crippen LogP contribution is 2.25. The lowest BCUT2D eigenvalue weighted by atomic mass is 9.97. The van der Waals surface area contributed by atoms with E-state index in [0.717, 1.165) is 5.56 Å². The molecule has 1 saturated heterocycles. The van der Waals surface area contributed by atoms with Gasteiger partial charge in [-0.1, -0.05) is 18.2 Å². The zero-order valence-corrected chi connectivity index (χ0v) is 19.0. The van der Waals surface area contributed by atoms with Gasteiger partial charge in [0.2, 0.25) is 15.9 Å². The number of sulfonamides is 1. The number of nitrogens with zero attached hydrogens (tertiary/aromatic N) is 1. The molecule has 1 heterocycles. The lowest BCUT2D eigenvalue weighted by Gasteiger charge is -2.30. The summed E-state index contributed by atoms with van der Waals surface area (Å²) >= 11 is 0. The van der Waals surface area contributed by atoms with Crippen molar-refractivity contribution < 1.29 is 27.1 Å². The maximum atomic E-state index is 13.8. The number of hydrogen-bond donors (Lipinski definition) is 1. The number of rotatable bonds is 7. The van der Waals surface area contributed by atoms with Crippen LogP contribution in [0.1, 0.15) is 41.3 Å². The van der Waals surface area contributed by atoms with Gasteiger partial charge in [-0.15, -0.1) is 0 Å². The third-order valence-electron chi connectivity index (χ3n) is 5.51. The molecule has 0 aromatic heterocycles. The van der Waals surface area contributed by atoms with Crippen molar-refractivity contribution >= 4 is 27.6 Å². The molecule has 0 atom stereocenters. The van der Waals surface area contributed by atoms with E-state index in [1.165, 1.54) is 22.5 Å². The van der Waals surface area contributed by atoms with Crippen LogP contribution in [0.2, 0.25) is 0 Å². The molecule has 2 aromatic carbocycles. The quantitative estimate of drug-likeness (QED) is 0.636. The fourth-order valence-electron chi connectivity index (χ4n) is 3.68. The third kappa shape index (κ3) is 5.72. The van der Waals surface area contributed by atoms with E-state index in [1.54, 1.807) is 38.1 Å². The minimum Gasteiger partial charge on any atom is -0.462 e. The summed E-state index contributed by atoms with van der Waals surface area (Å²) in [7, 11) is -3.67. The summed E-state index contributed by atoms with van der Waals surface area (Å²) in [5.41, 5.74) is 1.87. The van der Waals surface area contributed by atoms with Gasteiger partial charge in [0.05, 0.1) is 17.9 Å². The van der Waals surface area contributed by atoms with Crippen molar-refractivity contribution in [3.05, 3.63) is 65.0 Å². The fourth-order valence-corrected chi connectivity index (χ4v) is 5.26. The summed E-state index contributed by atoms with van der Waals surface area (Å²) in [6, 6.07) is 10.7. The molecule has 172 valence electrons. The number of ether oxygens (including phenoxy) is 1. The second-order valence-corrected chi connectivity index (χ2v) is 9.73. The van der Waals surface area contributed by atoms with Crippen LogP contribution in [0.25, 0.3) is 0 Å². The summed E-state index contributed by atoms with van der Waals surface area (Å²) < 4.78 is 45.5. The summed E-state index contributed by atoms with van der Waals surface area (Å²) in [5, 5.41) is 2.87. The molecule has 0 radical (unpaired) electrons. The number of piperidine rings is 1. The van der Waals surface area contributed by atoms with Crippen LogP contribution in [0.5, 0.6) is 0 Å². The maximum Gasteiger partial charge on any atom is 0.338 e. The molecule has 3 rings (SSSR count). The normalized spacial score (nSPS) is 15.3. The fraction of sp³-hybridized carbons (Fsp3) is 0.391. The SMILES string of the molecule is CCOC(=O)c1ccc(NC(=O)C2CCN(S(=O)(=O)Cc3ccccc3F)CC2)c(C)c1. The molecule has 1 fully saturated rings. The Hall–Kier alpha value is -2.78. The van der Waals surface area contributed by atoms with Gasteiger partial charge in [0, 0.05) is 30.3 Å². The van der Waals surface area contributed by atoms with Crippen molar-refractivity contribution in [2.45, 2.75) is 32.4 Å². The van der Waals surface area contributed by atoms with Gasteiger partial charge < -0.3 is 10.1 Å². The van der Waals surface area contributed by atoms with E-state index in [4.69, 9.17) is 4.74 Å². The average Bonchev–Trinajstić information content (AvgIpc) is 2.77. The first-order chi connectivity index (χ1) is 15.2. The van der Waals surface area contributed by atoms with E-state index >= 15 is 0 Å². The molecule has 7 nitrogen and oxygen atoms in total. The van der Waals surface area contributed by atoms with Crippen LogP contribution in [0.3, 0.4) is 0 Å². The van der Waals surface area contributed by atoms with Gasteiger partial charge in [-0.3, -0.25) is 4.79 Å². The molecule has 0 aliphatic carbocycles. The molecule has 2 aromatic rings. The van der Waals surface area contributed by atoms with E-state index in [0.29, 0.717) is 24.1 Å². The van der Waals surface area contributed by atoms with Crippen LogP contribution >= 0.6 is 0 Å². The standard InChI is InChI=1S/C23H27FN2O5S/c1-3-31-23(28)18-8-9-21(16(2)14-18)25-22(27)17-10-12-26(13-11-17)32(29,30)15-19-6-4-5-7-20(19)24/h4-9,14,17H,3,10-13,15H2,1-2H3,(H,25,27). The van der Waals surface area contributed by atoms with E-state index < -0.39 is 27.6 Å². The van der Waals surface area contributed by atoms with Crippen molar-refractivity contribution in [1.29, 1.82) is 0 Å². The number of carbonyl (C=O) groups excluding carboxylic acids is 2. The number of benzene rings is 2. The minimum absolute atomic E-state index is 0.133. The van der Waals surface area contributed by atoms with Crippen LogP contribution in [0.4, 0.5) is 10.1 Å². The first-order valence-corrected chi connectivity index (χ1v) is 12.1. The van der Waals surface area contributed by atoms with Crippen LogP contribution in [-0.2, 0) is 25.3 Å². The maximum absolute atomic E-state index is 13.8. The molecule has 1 aliphatic rings. The Kier molecular flexibility index (Phi) is 7.63. The molecule has 1 N–H and O–H groups in total. The van der Waals surface area contributed by atoms with Crippen molar-refractivity contribution in [2.24, 2.45) is 5.92 Å². The molecular formula is C23H27FN2O5S. The molecule has 32 heavy (non-hydrogen) atoms. The summed E-state index contributed by atoms with van der Waals surface area (Å²) in [6.07, 6.45) is 0.755. The van der Waals surface area contributed by atoms with Gasteiger partial charge in [-0.05, 0) is 56.5 Å². The number of anilines is 1. The third-order valence-corrected chi connectivity index (χ3v) is 7.34. The average molecular weight is 463 g/mol. The number of carbonyl (C=O) groups is 2. The van der Waals surface area contributed by atoms with Gasteiger partial charge in [0.15, 0.2) is 0 Å². The molecule has 1 amide bonds. The highest BCUT2D eigenvalue weighted by molar-refractivity contribution is 7.88. The Labute approximate surface area is 187 Å². The van der Waals surface area contributed by atoms with E-state index in [-0.39, 0.29) is 37.1 Å². The predicted octanol–water partition coefficient (Wildman–Crippen LogP) is 3.49. The first-order valence-electron chi connectivity index (χ1n) is 10.5. The molecule has 0 bridgehead atoms. The Morgan fingerprint density at radius 1 is 1.16 bits per heavy atom. The monoisotopic (exact) mass is 462 g/mol. The van der Waals surface area contributed by atoms with Crippen LogP contribution in [0, 0.1) is 18.7 Å². The van der Waals surface area contributed by atoms with E-state index in [1.807, 2.05) is 0 Å². The lowest BCUT2D eigenvalue weighted by molar-refractivity contribution is -0.120. The summed E-state index contributed by atoms with van der Waals surface area (Å²) in [6.45, 7) is 4.21. The predicted molar refractivity (Wildman–Crippen MR) is 119 cm³/mol. The topological polar surface area (TPSA) is 92.8 Å². The molecular weight excluding hydrogens is 435 g/mol. The van der Waals surface area contributed by atoms with Gasteiger partial charge >= 0.3 is 5.97 Å². The van der Waals surface area contributed by atoms with Gasteiger partial charge in [0.1, 0.15) is 5.82 Å². The molecule has 1 aliphatic heterocycles.